The molecule has 1 unspecified atom stereocenters. The molecule has 0 aromatic heterocycles. The van der Waals surface area contributed by atoms with Gasteiger partial charge in [0.2, 0.25) is 0 Å². The minimum absolute atomic E-state index is 0.114. The summed E-state index contributed by atoms with van der Waals surface area (Å²) in [6.45, 7) is 7.46. The summed E-state index contributed by atoms with van der Waals surface area (Å²) in [5, 5.41) is 0. The van der Waals surface area contributed by atoms with E-state index in [0.29, 0.717) is 24.4 Å². The van der Waals surface area contributed by atoms with Gasteiger partial charge in [0.1, 0.15) is 11.6 Å². The molecule has 0 radical (unpaired) electrons. The predicted octanol–water partition coefficient (Wildman–Crippen LogP) is 4.17. The number of rotatable bonds is 10. The maximum absolute atomic E-state index is 14.1. The quantitative estimate of drug-likeness (QED) is 0.256. The van der Waals surface area contributed by atoms with Gasteiger partial charge in [-0.1, -0.05) is 36.9 Å². The topological polar surface area (TPSA) is 61.8 Å². The van der Waals surface area contributed by atoms with Crippen molar-refractivity contribution < 1.29 is 28.2 Å². The van der Waals surface area contributed by atoms with Gasteiger partial charge in [0.25, 0.3) is 0 Å². The fourth-order valence-electron chi connectivity index (χ4n) is 2.48. The Morgan fingerprint density at radius 3 is 2.59 bits per heavy atom. The molecular weight excluding hydrogens is 375 g/mol. The van der Waals surface area contributed by atoms with Gasteiger partial charge in [-0.15, -0.1) is 6.58 Å². The lowest BCUT2D eigenvalue weighted by Gasteiger charge is -2.16. The van der Waals surface area contributed by atoms with Gasteiger partial charge in [0.15, 0.2) is 0 Å². The molecule has 6 heteroatoms. The standard InChI is InChI=1S/C23H23FO5/c1-3-14-27-20-11-7-18(21(24)16-20)8-12-23(26)29-19-9-5-17(6-10-19)13-15-28-22(25)4-2/h3-12,20H,1-2,13-16H2/b12-8+. The van der Waals surface area contributed by atoms with Gasteiger partial charge in [0.05, 0.1) is 19.3 Å². The Morgan fingerprint density at radius 2 is 1.93 bits per heavy atom. The lowest BCUT2D eigenvalue weighted by molar-refractivity contribution is -0.137. The fraction of sp³-hybridized carbons (Fsp3) is 0.217. The fourth-order valence-corrected chi connectivity index (χ4v) is 2.48. The molecule has 1 aliphatic carbocycles. The molecule has 0 bridgehead atoms. The van der Waals surface area contributed by atoms with Crippen LogP contribution in [0.15, 0.2) is 85.3 Å². The van der Waals surface area contributed by atoms with Crippen molar-refractivity contribution in [3.05, 3.63) is 90.8 Å². The first kappa shape index (κ1) is 22.0. The number of hydrogen-bond acceptors (Lipinski definition) is 5. The number of allylic oxidation sites excluding steroid dienone is 3. The van der Waals surface area contributed by atoms with Crippen LogP contribution in [-0.4, -0.2) is 31.3 Å². The first-order valence-electron chi connectivity index (χ1n) is 9.09. The summed E-state index contributed by atoms with van der Waals surface area (Å²) in [6.07, 6.45) is 8.88. The first-order chi connectivity index (χ1) is 14.0. The van der Waals surface area contributed by atoms with Gasteiger partial charge in [-0.3, -0.25) is 0 Å². The molecular formula is C23H23FO5. The average Bonchev–Trinajstić information content (AvgIpc) is 2.72. The van der Waals surface area contributed by atoms with Crippen molar-refractivity contribution in [1.82, 2.24) is 0 Å². The maximum Gasteiger partial charge on any atom is 0.336 e. The molecule has 2 rings (SSSR count). The van der Waals surface area contributed by atoms with Crippen LogP contribution in [0, 0.1) is 0 Å². The molecule has 1 aromatic rings. The van der Waals surface area contributed by atoms with Crippen molar-refractivity contribution in [3.63, 3.8) is 0 Å². The van der Waals surface area contributed by atoms with Crippen LogP contribution in [0.1, 0.15) is 12.0 Å². The first-order valence-corrected chi connectivity index (χ1v) is 9.09. The van der Waals surface area contributed by atoms with Crippen LogP contribution in [0.4, 0.5) is 4.39 Å². The van der Waals surface area contributed by atoms with Gasteiger partial charge < -0.3 is 14.2 Å². The van der Waals surface area contributed by atoms with Crippen molar-refractivity contribution in [1.29, 1.82) is 0 Å². The monoisotopic (exact) mass is 398 g/mol. The van der Waals surface area contributed by atoms with Crippen LogP contribution in [-0.2, 0) is 25.5 Å². The molecule has 0 saturated heterocycles. The molecule has 0 saturated carbocycles. The van der Waals surface area contributed by atoms with E-state index < -0.39 is 11.9 Å². The smallest absolute Gasteiger partial charge is 0.336 e. The van der Waals surface area contributed by atoms with Gasteiger partial charge in [-0.25, -0.2) is 14.0 Å². The molecule has 29 heavy (non-hydrogen) atoms. The van der Waals surface area contributed by atoms with Crippen molar-refractivity contribution in [2.24, 2.45) is 0 Å². The van der Waals surface area contributed by atoms with Crippen LogP contribution in [0.5, 0.6) is 5.75 Å². The van der Waals surface area contributed by atoms with E-state index in [1.54, 1.807) is 42.5 Å². The highest BCUT2D eigenvalue weighted by Gasteiger charge is 2.15. The van der Waals surface area contributed by atoms with Crippen LogP contribution in [0.3, 0.4) is 0 Å². The zero-order valence-electron chi connectivity index (χ0n) is 16.0. The van der Waals surface area contributed by atoms with Crippen LogP contribution >= 0.6 is 0 Å². The number of ether oxygens (including phenoxy) is 3. The van der Waals surface area contributed by atoms with E-state index in [4.69, 9.17) is 14.2 Å². The second-order valence-electron chi connectivity index (χ2n) is 6.10. The largest absolute Gasteiger partial charge is 0.462 e. The van der Waals surface area contributed by atoms with Crippen LogP contribution in [0.2, 0.25) is 0 Å². The molecule has 152 valence electrons. The third-order valence-electron chi connectivity index (χ3n) is 3.95. The summed E-state index contributed by atoms with van der Waals surface area (Å²) < 4.78 is 29.6. The third-order valence-corrected chi connectivity index (χ3v) is 3.95. The number of esters is 2. The zero-order chi connectivity index (χ0) is 21.1. The molecule has 0 amide bonds. The molecule has 5 nitrogen and oxygen atoms in total. The summed E-state index contributed by atoms with van der Waals surface area (Å²) in [5.74, 6) is -1.08. The normalized spacial score (nSPS) is 16.0. The Kier molecular flexibility index (Phi) is 8.79. The Hall–Kier alpha value is -3.25. The number of benzene rings is 1. The summed E-state index contributed by atoms with van der Waals surface area (Å²) >= 11 is 0. The molecule has 1 aromatic carbocycles. The van der Waals surface area contributed by atoms with Crippen molar-refractivity contribution in [2.75, 3.05) is 13.2 Å². The van der Waals surface area contributed by atoms with Gasteiger partial charge >= 0.3 is 11.9 Å². The number of halogens is 1. The third kappa shape index (κ3) is 7.71. The van der Waals surface area contributed by atoms with E-state index in [9.17, 15) is 14.0 Å². The zero-order valence-corrected chi connectivity index (χ0v) is 16.0. The second-order valence-corrected chi connectivity index (χ2v) is 6.10. The number of carbonyl (C=O) groups is 2. The van der Waals surface area contributed by atoms with Gasteiger partial charge in [-0.2, -0.15) is 0 Å². The highest BCUT2D eigenvalue weighted by atomic mass is 19.1. The molecule has 1 aliphatic rings. The van der Waals surface area contributed by atoms with E-state index in [1.807, 2.05) is 0 Å². The van der Waals surface area contributed by atoms with Crippen LogP contribution in [0.25, 0.3) is 0 Å². The molecule has 0 N–H and O–H groups in total. The summed E-state index contributed by atoms with van der Waals surface area (Å²) in [6, 6.07) is 6.81. The summed E-state index contributed by atoms with van der Waals surface area (Å²) in [7, 11) is 0. The molecule has 0 fully saturated rings. The Balaban J connectivity index is 1.83. The summed E-state index contributed by atoms with van der Waals surface area (Å²) in [4.78, 5) is 22.9. The minimum atomic E-state index is -0.614. The highest BCUT2D eigenvalue weighted by Crippen LogP contribution is 2.23. The van der Waals surface area contributed by atoms with Crippen molar-refractivity contribution in [2.45, 2.75) is 18.9 Å². The second kappa shape index (κ2) is 11.6. The van der Waals surface area contributed by atoms with Crippen molar-refractivity contribution >= 4 is 11.9 Å². The van der Waals surface area contributed by atoms with E-state index >= 15 is 0 Å². The van der Waals surface area contributed by atoms with Crippen molar-refractivity contribution in [3.8, 4) is 5.75 Å². The number of carbonyl (C=O) groups excluding carboxylic acids is 2. The molecule has 0 heterocycles. The maximum atomic E-state index is 14.1. The van der Waals surface area contributed by atoms with E-state index in [-0.39, 0.29) is 25.0 Å². The van der Waals surface area contributed by atoms with E-state index in [0.717, 1.165) is 11.6 Å². The Bertz CT molecular complexity index is 833. The van der Waals surface area contributed by atoms with Gasteiger partial charge in [-0.05, 0) is 23.8 Å². The average molecular weight is 398 g/mol. The van der Waals surface area contributed by atoms with E-state index in [1.165, 1.54) is 12.2 Å². The number of hydrogen-bond donors (Lipinski definition) is 0. The lowest BCUT2D eigenvalue weighted by atomic mass is 10.0. The SMILES string of the molecule is C=CCOC1C=CC(/C=C/C(=O)Oc2ccc(CCOC(=O)C=C)cc2)=C(F)C1. The molecule has 0 aliphatic heterocycles. The minimum Gasteiger partial charge on any atom is -0.462 e. The molecule has 1 atom stereocenters. The van der Waals surface area contributed by atoms with E-state index in [2.05, 4.69) is 13.2 Å². The lowest BCUT2D eigenvalue weighted by Crippen LogP contribution is -2.13. The van der Waals surface area contributed by atoms with Crippen LogP contribution < -0.4 is 4.74 Å². The Labute approximate surface area is 169 Å². The molecule has 0 spiro atoms. The Morgan fingerprint density at radius 1 is 1.17 bits per heavy atom. The summed E-state index contributed by atoms with van der Waals surface area (Å²) in [5.41, 5.74) is 1.23. The predicted molar refractivity (Wildman–Crippen MR) is 108 cm³/mol. The van der Waals surface area contributed by atoms with Gasteiger partial charge in [0, 0.05) is 30.6 Å². The highest BCUT2D eigenvalue weighted by molar-refractivity contribution is 5.84.